The second-order valence-electron chi connectivity index (χ2n) is 5.30. The van der Waals surface area contributed by atoms with Crippen LogP contribution in [0.3, 0.4) is 0 Å². The number of carbonyl (C=O) groups is 1. The van der Waals surface area contributed by atoms with Crippen LogP contribution in [0.1, 0.15) is 27.1 Å². The zero-order valence-corrected chi connectivity index (χ0v) is 15.6. The molecular weight excluding hydrogens is 369 g/mol. The van der Waals surface area contributed by atoms with E-state index in [1.165, 1.54) is 11.3 Å². The number of piperazine rings is 1. The van der Waals surface area contributed by atoms with Gasteiger partial charge >= 0.3 is 0 Å². The zero-order chi connectivity index (χ0) is 16.2. The average molecular weight is 388 g/mol. The topological polar surface area (TPSA) is 54.5 Å². The fraction of sp³-hybridized carbons (Fsp3) is 0.375. The first-order chi connectivity index (χ1) is 11.2. The third-order valence-corrected chi connectivity index (χ3v) is 4.97. The molecule has 1 fully saturated rings. The molecule has 1 N–H and O–H groups in total. The number of hydrogen-bond acceptors (Lipinski definition) is 5. The largest absolute Gasteiger partial charge is 0.378 e. The summed E-state index contributed by atoms with van der Waals surface area (Å²) >= 11 is 7.76. The molecule has 1 aliphatic heterocycles. The summed E-state index contributed by atoms with van der Waals surface area (Å²) in [6, 6.07) is 7.58. The Morgan fingerprint density at radius 2 is 2.29 bits per heavy atom. The first-order valence-corrected chi connectivity index (χ1v) is 8.66. The van der Waals surface area contributed by atoms with Gasteiger partial charge in [-0.05, 0) is 11.6 Å². The van der Waals surface area contributed by atoms with Crippen LogP contribution in [-0.4, -0.2) is 42.5 Å². The number of carbonyl (C=O) groups excluding carboxylic acids is 1. The summed E-state index contributed by atoms with van der Waals surface area (Å²) in [6.07, 6.45) is 0. The van der Waals surface area contributed by atoms with Crippen LogP contribution in [0.5, 0.6) is 0 Å². The van der Waals surface area contributed by atoms with Gasteiger partial charge in [0.15, 0.2) is 0 Å². The fourth-order valence-electron chi connectivity index (χ4n) is 2.72. The van der Waals surface area contributed by atoms with Crippen molar-refractivity contribution in [2.45, 2.75) is 12.6 Å². The van der Waals surface area contributed by atoms with Crippen molar-refractivity contribution in [3.05, 3.63) is 50.9 Å². The Balaban J connectivity index is 0.00000208. The first-order valence-electron chi connectivity index (χ1n) is 7.40. The lowest BCUT2D eigenvalue weighted by atomic mass is 10.0. The van der Waals surface area contributed by atoms with E-state index in [0.717, 1.165) is 17.1 Å². The van der Waals surface area contributed by atoms with Gasteiger partial charge in [0.05, 0.1) is 12.6 Å². The van der Waals surface area contributed by atoms with E-state index < -0.39 is 0 Å². The van der Waals surface area contributed by atoms with E-state index >= 15 is 0 Å². The summed E-state index contributed by atoms with van der Waals surface area (Å²) in [7, 11) is 1.62. The maximum absolute atomic E-state index is 12.9. The van der Waals surface area contributed by atoms with Gasteiger partial charge < -0.3 is 15.0 Å². The minimum atomic E-state index is -0.0856. The van der Waals surface area contributed by atoms with Gasteiger partial charge in [0.25, 0.3) is 5.91 Å². The molecule has 24 heavy (non-hydrogen) atoms. The Labute approximate surface area is 156 Å². The summed E-state index contributed by atoms with van der Waals surface area (Å²) in [5, 5.41) is 6.61. The molecule has 0 saturated carbocycles. The zero-order valence-electron chi connectivity index (χ0n) is 13.2. The van der Waals surface area contributed by atoms with Gasteiger partial charge in [-0.2, -0.15) is 0 Å². The molecule has 0 radical (unpaired) electrons. The Kier molecular flexibility index (Phi) is 7.01. The molecule has 130 valence electrons. The van der Waals surface area contributed by atoms with Gasteiger partial charge in [0, 0.05) is 37.1 Å². The van der Waals surface area contributed by atoms with Crippen LogP contribution in [-0.2, 0) is 11.3 Å². The highest BCUT2D eigenvalue weighted by atomic mass is 35.5. The Morgan fingerprint density at radius 3 is 3.04 bits per heavy atom. The van der Waals surface area contributed by atoms with E-state index in [4.69, 9.17) is 16.3 Å². The number of methoxy groups -OCH3 is 1. The normalized spacial score (nSPS) is 17.4. The second-order valence-corrected chi connectivity index (χ2v) is 6.65. The molecule has 3 rings (SSSR count). The Hall–Kier alpha value is -1.18. The highest BCUT2D eigenvalue weighted by molar-refractivity contribution is 7.09. The summed E-state index contributed by atoms with van der Waals surface area (Å²) in [6.45, 7) is 2.51. The molecule has 1 unspecified atom stereocenters. The Morgan fingerprint density at radius 1 is 1.50 bits per heavy atom. The van der Waals surface area contributed by atoms with Gasteiger partial charge in [0.1, 0.15) is 10.7 Å². The van der Waals surface area contributed by atoms with Crippen LogP contribution in [0.15, 0.2) is 29.6 Å². The molecule has 1 saturated heterocycles. The van der Waals surface area contributed by atoms with Crippen molar-refractivity contribution in [1.82, 2.24) is 15.2 Å². The number of benzene rings is 1. The first kappa shape index (κ1) is 19.1. The van der Waals surface area contributed by atoms with E-state index in [1.807, 2.05) is 29.2 Å². The third-order valence-electron chi connectivity index (χ3n) is 3.81. The highest BCUT2D eigenvalue weighted by Crippen LogP contribution is 2.29. The van der Waals surface area contributed by atoms with Gasteiger partial charge in [-0.3, -0.25) is 4.79 Å². The maximum Gasteiger partial charge on any atom is 0.273 e. The van der Waals surface area contributed by atoms with Gasteiger partial charge in [0.2, 0.25) is 0 Å². The minimum Gasteiger partial charge on any atom is -0.378 e. The molecule has 2 aromatic rings. The van der Waals surface area contributed by atoms with Crippen LogP contribution in [0.4, 0.5) is 0 Å². The second kappa shape index (κ2) is 8.78. The standard InChI is InChI=1S/C16H18ClN3O2S.ClH/c1-22-9-15-19-13(10-23-15)16(21)20-7-6-18-8-14(20)11-4-2-3-5-12(11)17;/h2-5,10,14,18H,6-9H2,1H3;1H. The van der Waals surface area contributed by atoms with Crippen LogP contribution >= 0.6 is 35.3 Å². The van der Waals surface area contributed by atoms with Crippen molar-refractivity contribution >= 4 is 41.3 Å². The molecule has 8 heteroatoms. The Bertz CT molecular complexity index is 695. The molecular formula is C16H19Cl2N3O2S. The third kappa shape index (κ3) is 4.07. The predicted molar refractivity (Wildman–Crippen MR) is 98.2 cm³/mol. The molecule has 5 nitrogen and oxygen atoms in total. The summed E-state index contributed by atoms with van der Waals surface area (Å²) in [5.74, 6) is -0.0602. The van der Waals surface area contributed by atoms with E-state index in [1.54, 1.807) is 12.5 Å². The summed E-state index contributed by atoms with van der Waals surface area (Å²) in [5.41, 5.74) is 1.43. The number of nitrogens with one attached hydrogen (secondary N) is 1. The molecule has 1 atom stereocenters. The van der Waals surface area contributed by atoms with Crippen LogP contribution in [0.25, 0.3) is 0 Å². The monoisotopic (exact) mass is 387 g/mol. The van der Waals surface area contributed by atoms with Gasteiger partial charge in [-0.25, -0.2) is 4.98 Å². The predicted octanol–water partition coefficient (Wildman–Crippen LogP) is 3.15. The number of rotatable bonds is 4. The van der Waals surface area contributed by atoms with E-state index in [2.05, 4.69) is 10.3 Å². The number of hydrogen-bond donors (Lipinski definition) is 1. The lowest BCUT2D eigenvalue weighted by Gasteiger charge is -2.36. The van der Waals surface area contributed by atoms with Gasteiger partial charge in [-0.15, -0.1) is 23.7 Å². The SMILES string of the molecule is COCc1nc(C(=O)N2CCNCC2c2ccccc2Cl)cs1.Cl. The maximum atomic E-state index is 12.9. The molecule has 0 spiro atoms. The van der Waals surface area contributed by atoms with Crippen LogP contribution in [0.2, 0.25) is 5.02 Å². The van der Waals surface area contributed by atoms with Crippen molar-refractivity contribution < 1.29 is 9.53 Å². The van der Waals surface area contributed by atoms with Gasteiger partial charge in [-0.1, -0.05) is 29.8 Å². The molecule has 2 heterocycles. The van der Waals surface area contributed by atoms with Crippen molar-refractivity contribution in [2.75, 3.05) is 26.7 Å². The van der Waals surface area contributed by atoms with Crippen LogP contribution < -0.4 is 5.32 Å². The molecule has 1 aliphatic rings. The number of halogens is 2. The van der Waals surface area contributed by atoms with Crippen molar-refractivity contribution in [2.24, 2.45) is 0 Å². The molecule has 1 aromatic carbocycles. The van der Waals surface area contributed by atoms with Crippen molar-refractivity contribution in [3.63, 3.8) is 0 Å². The molecule has 1 aromatic heterocycles. The average Bonchev–Trinajstić information content (AvgIpc) is 3.04. The number of thiazole rings is 1. The van der Waals surface area contributed by atoms with E-state index in [-0.39, 0.29) is 24.4 Å². The number of amides is 1. The van der Waals surface area contributed by atoms with Crippen LogP contribution in [0, 0.1) is 0 Å². The fourth-order valence-corrected chi connectivity index (χ4v) is 3.72. The number of ether oxygens (including phenoxy) is 1. The van der Waals surface area contributed by atoms with Crippen molar-refractivity contribution in [3.8, 4) is 0 Å². The molecule has 0 aliphatic carbocycles. The summed E-state index contributed by atoms with van der Waals surface area (Å²) in [4.78, 5) is 19.1. The number of nitrogens with zero attached hydrogens (tertiary/aromatic N) is 2. The van der Waals surface area contributed by atoms with Crippen molar-refractivity contribution in [1.29, 1.82) is 0 Å². The van der Waals surface area contributed by atoms with E-state index in [0.29, 0.717) is 30.4 Å². The minimum absolute atomic E-state index is 0. The summed E-state index contributed by atoms with van der Waals surface area (Å²) < 4.78 is 5.07. The molecule has 0 bridgehead atoms. The smallest absolute Gasteiger partial charge is 0.273 e. The number of aromatic nitrogens is 1. The quantitative estimate of drug-likeness (QED) is 0.875. The lowest BCUT2D eigenvalue weighted by molar-refractivity contribution is 0.0628. The lowest BCUT2D eigenvalue weighted by Crippen LogP contribution is -2.48. The van der Waals surface area contributed by atoms with E-state index in [9.17, 15) is 4.79 Å². The molecule has 1 amide bonds. The highest BCUT2D eigenvalue weighted by Gasteiger charge is 2.30.